The summed E-state index contributed by atoms with van der Waals surface area (Å²) in [6.07, 6.45) is 5.11. The lowest BCUT2D eigenvalue weighted by molar-refractivity contribution is 0.187. The molecule has 1 N–H and O–H groups in total. The van der Waals surface area contributed by atoms with E-state index in [9.17, 15) is 4.79 Å². The van der Waals surface area contributed by atoms with E-state index in [0.717, 1.165) is 35.8 Å². The van der Waals surface area contributed by atoms with Gasteiger partial charge in [0.15, 0.2) is 0 Å². The first kappa shape index (κ1) is 16.7. The number of carbonyl (C=O) groups is 1. The second kappa shape index (κ2) is 7.61. The molecular formula is C17H22N4O2S. The van der Waals surface area contributed by atoms with Crippen LogP contribution in [0, 0.1) is 13.8 Å². The Labute approximate surface area is 145 Å². The van der Waals surface area contributed by atoms with Gasteiger partial charge in [0.2, 0.25) is 0 Å². The molecular weight excluding hydrogens is 324 g/mol. The van der Waals surface area contributed by atoms with Gasteiger partial charge in [0.25, 0.3) is 0 Å². The Hall–Kier alpha value is -2.15. The molecule has 128 valence electrons. The third kappa shape index (κ3) is 4.23. The normalized spacial score (nSPS) is 17.1. The molecule has 6 nitrogen and oxygen atoms in total. The van der Waals surface area contributed by atoms with Crippen LogP contribution in [0.1, 0.15) is 22.0 Å². The van der Waals surface area contributed by atoms with Crippen molar-refractivity contribution in [2.24, 2.45) is 0 Å². The number of rotatable bonds is 5. The average molecular weight is 346 g/mol. The van der Waals surface area contributed by atoms with Crippen molar-refractivity contribution in [1.82, 2.24) is 20.2 Å². The number of nitrogens with one attached hydrogen (secondary N) is 1. The van der Waals surface area contributed by atoms with Crippen molar-refractivity contribution in [3.8, 4) is 5.75 Å². The van der Waals surface area contributed by atoms with E-state index in [2.05, 4.69) is 15.3 Å². The zero-order valence-electron chi connectivity index (χ0n) is 14.0. The Balaban J connectivity index is 1.42. The molecule has 2 aromatic rings. The van der Waals surface area contributed by atoms with Gasteiger partial charge in [-0.05, 0) is 26.0 Å². The smallest absolute Gasteiger partial charge is 0.317 e. The molecule has 3 heterocycles. The van der Waals surface area contributed by atoms with Crippen LogP contribution in [-0.4, -0.2) is 46.6 Å². The zero-order valence-corrected chi connectivity index (χ0v) is 14.8. The molecule has 1 aliphatic rings. The van der Waals surface area contributed by atoms with Gasteiger partial charge < -0.3 is 15.0 Å². The lowest BCUT2D eigenvalue weighted by atomic mass is 10.3. The van der Waals surface area contributed by atoms with E-state index in [0.29, 0.717) is 13.1 Å². The van der Waals surface area contributed by atoms with Gasteiger partial charge in [-0.1, -0.05) is 0 Å². The molecule has 24 heavy (non-hydrogen) atoms. The van der Waals surface area contributed by atoms with E-state index in [-0.39, 0.29) is 12.1 Å². The summed E-state index contributed by atoms with van der Waals surface area (Å²) in [6, 6.07) is 3.71. The van der Waals surface area contributed by atoms with Gasteiger partial charge in [-0.15, -0.1) is 11.3 Å². The molecule has 7 heteroatoms. The maximum atomic E-state index is 12.3. The first-order valence-electron chi connectivity index (χ1n) is 8.14. The Kier molecular flexibility index (Phi) is 5.30. The molecule has 1 atom stereocenters. The zero-order chi connectivity index (χ0) is 16.9. The van der Waals surface area contributed by atoms with E-state index in [1.54, 1.807) is 23.7 Å². The van der Waals surface area contributed by atoms with E-state index in [4.69, 9.17) is 4.74 Å². The van der Waals surface area contributed by atoms with Gasteiger partial charge in [0, 0.05) is 37.0 Å². The quantitative estimate of drug-likeness (QED) is 0.903. The first-order valence-corrected chi connectivity index (χ1v) is 8.96. The number of carbonyl (C=O) groups excluding carboxylic acids is 1. The molecule has 0 radical (unpaired) electrons. The highest BCUT2D eigenvalue weighted by molar-refractivity contribution is 7.11. The molecule has 0 bridgehead atoms. The molecule has 2 aromatic heterocycles. The molecule has 1 saturated heterocycles. The van der Waals surface area contributed by atoms with Crippen molar-refractivity contribution in [3.63, 3.8) is 0 Å². The van der Waals surface area contributed by atoms with Crippen LogP contribution >= 0.6 is 11.3 Å². The number of nitrogens with zero attached hydrogens (tertiary/aromatic N) is 3. The number of likely N-dealkylation sites (tertiary alicyclic amines) is 1. The van der Waals surface area contributed by atoms with Crippen LogP contribution < -0.4 is 10.1 Å². The molecule has 0 saturated carbocycles. The second-order valence-corrected chi connectivity index (χ2v) is 7.17. The van der Waals surface area contributed by atoms with Crippen molar-refractivity contribution in [1.29, 1.82) is 0 Å². The number of hydrogen-bond acceptors (Lipinski definition) is 5. The van der Waals surface area contributed by atoms with Crippen molar-refractivity contribution >= 4 is 17.4 Å². The van der Waals surface area contributed by atoms with Crippen LogP contribution in [0.3, 0.4) is 0 Å². The molecule has 2 amide bonds. The van der Waals surface area contributed by atoms with Gasteiger partial charge >= 0.3 is 6.03 Å². The number of aryl methyl sites for hydroxylation is 2. The SMILES string of the molecule is Cc1nc(C)c(CCNC(=O)N2CC[C@H](Oc3cccnc3)C2)s1. The number of hydrogen-bond donors (Lipinski definition) is 1. The predicted molar refractivity (Wildman–Crippen MR) is 93.5 cm³/mol. The van der Waals surface area contributed by atoms with E-state index >= 15 is 0 Å². The molecule has 1 fully saturated rings. The Morgan fingerprint density at radius 2 is 2.38 bits per heavy atom. The first-order chi connectivity index (χ1) is 11.6. The third-order valence-corrected chi connectivity index (χ3v) is 5.13. The molecule has 0 spiro atoms. The van der Waals surface area contributed by atoms with Gasteiger partial charge in [-0.25, -0.2) is 9.78 Å². The van der Waals surface area contributed by atoms with Crippen molar-refractivity contribution < 1.29 is 9.53 Å². The van der Waals surface area contributed by atoms with Crippen molar-refractivity contribution in [3.05, 3.63) is 40.1 Å². The van der Waals surface area contributed by atoms with Gasteiger partial charge in [-0.2, -0.15) is 0 Å². The highest BCUT2D eigenvalue weighted by atomic mass is 32.1. The summed E-state index contributed by atoms with van der Waals surface area (Å²) in [5.74, 6) is 0.751. The van der Waals surface area contributed by atoms with Crippen LogP contribution in [0.2, 0.25) is 0 Å². The van der Waals surface area contributed by atoms with Crippen LogP contribution in [0.15, 0.2) is 24.5 Å². The van der Waals surface area contributed by atoms with E-state index < -0.39 is 0 Å². The fourth-order valence-corrected chi connectivity index (χ4v) is 3.75. The summed E-state index contributed by atoms with van der Waals surface area (Å²) in [7, 11) is 0. The van der Waals surface area contributed by atoms with Crippen LogP contribution in [0.4, 0.5) is 4.79 Å². The number of ether oxygens (including phenoxy) is 1. The average Bonchev–Trinajstić information content (AvgIpc) is 3.15. The highest BCUT2D eigenvalue weighted by Crippen LogP contribution is 2.18. The minimum Gasteiger partial charge on any atom is -0.487 e. The summed E-state index contributed by atoms with van der Waals surface area (Å²) in [6.45, 7) is 5.98. The minimum absolute atomic E-state index is 0.0221. The topological polar surface area (TPSA) is 67.4 Å². The van der Waals surface area contributed by atoms with Crippen molar-refractivity contribution in [2.45, 2.75) is 32.8 Å². The summed E-state index contributed by atoms with van der Waals surface area (Å²) in [4.78, 5) is 23.8. The summed E-state index contributed by atoms with van der Waals surface area (Å²) >= 11 is 1.70. The Morgan fingerprint density at radius 3 is 3.08 bits per heavy atom. The highest BCUT2D eigenvalue weighted by Gasteiger charge is 2.27. The number of pyridine rings is 1. The maximum Gasteiger partial charge on any atom is 0.317 e. The second-order valence-electron chi connectivity index (χ2n) is 5.89. The number of thiazole rings is 1. The van der Waals surface area contributed by atoms with Gasteiger partial charge in [-0.3, -0.25) is 4.98 Å². The summed E-state index contributed by atoms with van der Waals surface area (Å²) < 4.78 is 5.86. The standard InChI is InChI=1S/C17H22N4O2S/c1-12-16(24-13(2)20-12)5-8-19-17(22)21-9-6-15(11-21)23-14-4-3-7-18-10-14/h3-4,7,10,15H,5-6,8-9,11H2,1-2H3,(H,19,22)/t15-/m0/s1. The minimum atomic E-state index is -0.0221. The lowest BCUT2D eigenvalue weighted by Crippen LogP contribution is -2.40. The summed E-state index contributed by atoms with van der Waals surface area (Å²) in [5, 5.41) is 4.06. The third-order valence-electron chi connectivity index (χ3n) is 4.00. The number of urea groups is 1. The monoisotopic (exact) mass is 346 g/mol. The lowest BCUT2D eigenvalue weighted by Gasteiger charge is -2.17. The maximum absolute atomic E-state index is 12.3. The van der Waals surface area contributed by atoms with Crippen LogP contribution in [0.25, 0.3) is 0 Å². The van der Waals surface area contributed by atoms with E-state index in [1.807, 2.05) is 30.9 Å². The van der Waals surface area contributed by atoms with E-state index in [1.165, 1.54) is 4.88 Å². The number of aromatic nitrogens is 2. The fraction of sp³-hybridized carbons (Fsp3) is 0.471. The molecule has 3 rings (SSSR count). The number of amides is 2. The molecule has 1 aliphatic heterocycles. The van der Waals surface area contributed by atoms with Gasteiger partial charge in [0.05, 0.1) is 23.4 Å². The summed E-state index contributed by atoms with van der Waals surface area (Å²) in [5.41, 5.74) is 1.07. The predicted octanol–water partition coefficient (Wildman–Crippen LogP) is 2.56. The van der Waals surface area contributed by atoms with Gasteiger partial charge in [0.1, 0.15) is 11.9 Å². The Bertz CT molecular complexity index is 689. The van der Waals surface area contributed by atoms with Crippen molar-refractivity contribution in [2.75, 3.05) is 19.6 Å². The molecule has 0 aliphatic carbocycles. The molecule has 0 aromatic carbocycles. The van der Waals surface area contributed by atoms with Crippen LogP contribution in [-0.2, 0) is 6.42 Å². The van der Waals surface area contributed by atoms with Crippen LogP contribution in [0.5, 0.6) is 5.75 Å². The fourth-order valence-electron chi connectivity index (χ4n) is 2.82. The largest absolute Gasteiger partial charge is 0.487 e. The Morgan fingerprint density at radius 1 is 1.50 bits per heavy atom. The molecule has 0 unspecified atom stereocenters.